The molecule has 0 aromatic heterocycles. The monoisotopic (exact) mass is 262 g/mol. The van der Waals surface area contributed by atoms with Gasteiger partial charge in [0.2, 0.25) is 5.91 Å². The van der Waals surface area contributed by atoms with E-state index in [2.05, 4.69) is 10.6 Å². The minimum absolute atomic E-state index is 0.109. The third-order valence-electron chi connectivity index (χ3n) is 3.15. The summed E-state index contributed by atoms with van der Waals surface area (Å²) in [5.41, 5.74) is 3.96. The van der Waals surface area contributed by atoms with E-state index in [0.29, 0.717) is 6.42 Å². The first-order valence-corrected chi connectivity index (χ1v) is 6.49. The van der Waals surface area contributed by atoms with E-state index in [1.165, 1.54) is 0 Å². The smallest absolute Gasteiger partial charge is 0.249 e. The van der Waals surface area contributed by atoms with Crippen LogP contribution >= 0.6 is 0 Å². The topological polar surface area (TPSA) is 58.2 Å². The van der Waals surface area contributed by atoms with Crippen molar-refractivity contribution in [2.24, 2.45) is 0 Å². The van der Waals surface area contributed by atoms with Crippen molar-refractivity contribution in [2.75, 3.05) is 12.4 Å². The summed E-state index contributed by atoms with van der Waals surface area (Å²) in [6.45, 7) is 7.67. The number of ketones is 1. The Hall–Kier alpha value is -1.68. The number of carbonyl (C=O) groups excluding carboxylic acids is 2. The van der Waals surface area contributed by atoms with Crippen LogP contribution < -0.4 is 10.6 Å². The van der Waals surface area contributed by atoms with E-state index in [1.54, 1.807) is 14.0 Å². The summed E-state index contributed by atoms with van der Waals surface area (Å²) in [6, 6.07) is 3.24. The Balaban J connectivity index is 2.96. The number of hydrogen-bond donors (Lipinski definition) is 2. The van der Waals surface area contributed by atoms with E-state index in [0.717, 1.165) is 22.4 Å². The first-order chi connectivity index (χ1) is 8.90. The fraction of sp³-hybridized carbons (Fsp3) is 0.467. The van der Waals surface area contributed by atoms with Gasteiger partial charge in [-0.3, -0.25) is 9.59 Å². The summed E-state index contributed by atoms with van der Waals surface area (Å²) in [4.78, 5) is 23.8. The van der Waals surface area contributed by atoms with Crippen molar-refractivity contribution in [3.05, 3.63) is 28.8 Å². The number of benzene rings is 1. The van der Waals surface area contributed by atoms with Crippen molar-refractivity contribution in [3.8, 4) is 0 Å². The predicted octanol–water partition coefficient (Wildman–Crippen LogP) is 2.12. The van der Waals surface area contributed by atoms with Crippen LogP contribution in [0.5, 0.6) is 0 Å². The van der Waals surface area contributed by atoms with E-state index in [9.17, 15) is 9.59 Å². The van der Waals surface area contributed by atoms with E-state index in [4.69, 9.17) is 0 Å². The fourth-order valence-corrected chi connectivity index (χ4v) is 2.21. The molecule has 0 saturated heterocycles. The molecule has 0 aliphatic rings. The molecule has 0 aliphatic carbocycles. The first-order valence-electron chi connectivity index (χ1n) is 6.49. The Morgan fingerprint density at radius 2 is 1.68 bits per heavy atom. The molecule has 1 unspecified atom stereocenters. The van der Waals surface area contributed by atoms with Crippen LogP contribution in [0.25, 0.3) is 0 Å². The normalized spacial score (nSPS) is 12.1. The maximum Gasteiger partial charge on any atom is 0.249 e. The number of likely N-dealkylation sites (N-methyl/N-ethyl adjacent to an activating group) is 1. The lowest BCUT2D eigenvalue weighted by Crippen LogP contribution is -2.44. The Labute approximate surface area is 114 Å². The van der Waals surface area contributed by atoms with Gasteiger partial charge in [0.25, 0.3) is 0 Å². The van der Waals surface area contributed by atoms with Gasteiger partial charge in [0.15, 0.2) is 5.78 Å². The van der Waals surface area contributed by atoms with Crippen molar-refractivity contribution in [1.82, 2.24) is 5.32 Å². The zero-order valence-corrected chi connectivity index (χ0v) is 12.3. The van der Waals surface area contributed by atoms with E-state index < -0.39 is 6.04 Å². The Kier molecular flexibility index (Phi) is 5.24. The minimum atomic E-state index is -0.787. The van der Waals surface area contributed by atoms with Crippen molar-refractivity contribution >= 4 is 17.4 Å². The van der Waals surface area contributed by atoms with Crippen LogP contribution in [-0.2, 0) is 9.59 Å². The highest BCUT2D eigenvalue weighted by Crippen LogP contribution is 2.22. The molecule has 1 aromatic carbocycles. The standard InChI is InChI=1S/C15H22N2O2/c1-6-12(18)14(16-5)15(19)17-13-10(3)7-9(2)8-11(13)4/h7-8,14,16H,6H2,1-5H3,(H,17,19). The molecule has 4 nitrogen and oxygen atoms in total. The van der Waals surface area contributed by atoms with Gasteiger partial charge in [-0.2, -0.15) is 0 Å². The molecule has 1 aromatic rings. The number of amides is 1. The van der Waals surface area contributed by atoms with E-state index >= 15 is 0 Å². The SMILES string of the molecule is CCC(=O)C(NC)C(=O)Nc1c(C)cc(C)cc1C. The highest BCUT2D eigenvalue weighted by Gasteiger charge is 2.23. The van der Waals surface area contributed by atoms with Crippen LogP contribution in [0.4, 0.5) is 5.69 Å². The lowest BCUT2D eigenvalue weighted by atomic mass is 10.0. The fourth-order valence-electron chi connectivity index (χ4n) is 2.21. The van der Waals surface area contributed by atoms with Gasteiger partial charge in [0, 0.05) is 12.1 Å². The Morgan fingerprint density at radius 1 is 1.16 bits per heavy atom. The van der Waals surface area contributed by atoms with Crippen molar-refractivity contribution in [3.63, 3.8) is 0 Å². The van der Waals surface area contributed by atoms with Gasteiger partial charge < -0.3 is 10.6 Å². The van der Waals surface area contributed by atoms with Gasteiger partial charge in [0.05, 0.1) is 0 Å². The summed E-state index contributed by atoms with van der Waals surface area (Å²) in [5, 5.41) is 5.61. The zero-order valence-electron chi connectivity index (χ0n) is 12.3. The minimum Gasteiger partial charge on any atom is -0.324 e. The quantitative estimate of drug-likeness (QED) is 0.799. The van der Waals surface area contributed by atoms with Gasteiger partial charge in [-0.25, -0.2) is 0 Å². The van der Waals surface area contributed by atoms with Gasteiger partial charge in [0.1, 0.15) is 6.04 Å². The number of carbonyl (C=O) groups is 2. The maximum atomic E-state index is 12.1. The largest absolute Gasteiger partial charge is 0.324 e. The lowest BCUT2D eigenvalue weighted by molar-refractivity contribution is -0.128. The number of Topliss-reactive ketones (excluding diaryl/α,β-unsaturated/α-hetero) is 1. The molecular weight excluding hydrogens is 240 g/mol. The van der Waals surface area contributed by atoms with Gasteiger partial charge in [-0.05, 0) is 38.9 Å². The maximum absolute atomic E-state index is 12.1. The lowest BCUT2D eigenvalue weighted by Gasteiger charge is -2.17. The highest BCUT2D eigenvalue weighted by atomic mass is 16.2. The molecule has 0 radical (unpaired) electrons. The van der Waals surface area contributed by atoms with Crippen molar-refractivity contribution in [1.29, 1.82) is 0 Å². The molecule has 19 heavy (non-hydrogen) atoms. The molecule has 0 heterocycles. The second kappa shape index (κ2) is 6.48. The zero-order chi connectivity index (χ0) is 14.6. The molecule has 2 N–H and O–H groups in total. The molecular formula is C15H22N2O2. The summed E-state index contributed by atoms with van der Waals surface area (Å²) < 4.78 is 0. The molecule has 0 fully saturated rings. The van der Waals surface area contributed by atoms with Gasteiger partial charge in [-0.1, -0.05) is 24.6 Å². The number of hydrogen-bond acceptors (Lipinski definition) is 3. The summed E-state index contributed by atoms with van der Waals surface area (Å²) in [7, 11) is 1.62. The van der Waals surface area contributed by atoms with Crippen LogP contribution in [0.3, 0.4) is 0 Å². The Morgan fingerprint density at radius 3 is 2.11 bits per heavy atom. The molecule has 0 bridgehead atoms. The number of aryl methyl sites for hydroxylation is 3. The third-order valence-corrected chi connectivity index (χ3v) is 3.15. The molecule has 104 valence electrons. The van der Waals surface area contributed by atoms with Crippen LogP contribution in [0.15, 0.2) is 12.1 Å². The van der Waals surface area contributed by atoms with Gasteiger partial charge >= 0.3 is 0 Å². The van der Waals surface area contributed by atoms with Crippen LogP contribution in [0.2, 0.25) is 0 Å². The molecule has 0 aliphatic heterocycles. The summed E-state index contributed by atoms with van der Waals surface area (Å²) >= 11 is 0. The van der Waals surface area contributed by atoms with Crippen LogP contribution in [0, 0.1) is 20.8 Å². The van der Waals surface area contributed by atoms with Crippen LogP contribution in [0.1, 0.15) is 30.0 Å². The average molecular weight is 262 g/mol. The first kappa shape index (κ1) is 15.4. The van der Waals surface area contributed by atoms with Gasteiger partial charge in [-0.15, -0.1) is 0 Å². The third kappa shape index (κ3) is 3.64. The molecule has 0 saturated carbocycles. The summed E-state index contributed by atoms with van der Waals surface area (Å²) in [5.74, 6) is -0.410. The highest BCUT2D eigenvalue weighted by molar-refractivity contribution is 6.11. The predicted molar refractivity (Wildman–Crippen MR) is 77.4 cm³/mol. The second-order valence-corrected chi connectivity index (χ2v) is 4.80. The average Bonchev–Trinajstić information content (AvgIpc) is 2.34. The van der Waals surface area contributed by atoms with Crippen molar-refractivity contribution in [2.45, 2.75) is 40.2 Å². The number of rotatable bonds is 5. The molecule has 0 spiro atoms. The molecule has 4 heteroatoms. The second-order valence-electron chi connectivity index (χ2n) is 4.80. The number of anilines is 1. The number of nitrogens with one attached hydrogen (secondary N) is 2. The van der Waals surface area contributed by atoms with E-state index in [1.807, 2.05) is 32.9 Å². The van der Waals surface area contributed by atoms with Crippen molar-refractivity contribution < 1.29 is 9.59 Å². The Bertz CT molecular complexity index is 472. The molecule has 1 atom stereocenters. The summed E-state index contributed by atoms with van der Waals surface area (Å²) in [6.07, 6.45) is 0.338. The molecule has 1 rings (SSSR count). The van der Waals surface area contributed by atoms with E-state index in [-0.39, 0.29) is 11.7 Å². The van der Waals surface area contributed by atoms with Crippen LogP contribution in [-0.4, -0.2) is 24.8 Å². The molecule has 1 amide bonds.